The normalized spacial score (nSPS) is 12.0. The van der Waals surface area contributed by atoms with Gasteiger partial charge in [-0.25, -0.2) is 4.98 Å². The molecule has 5 heteroatoms. The molecular formula is C16H16Cl2N2O. The zero-order chi connectivity index (χ0) is 15.6. The minimum Gasteiger partial charge on any atom is -0.344 e. The van der Waals surface area contributed by atoms with Crippen molar-refractivity contribution in [3.63, 3.8) is 0 Å². The number of amides is 1. The number of carbonyl (C=O) groups excluding carboxylic acids is 1. The molecule has 0 aliphatic rings. The van der Waals surface area contributed by atoms with E-state index in [0.717, 1.165) is 11.1 Å². The first kappa shape index (κ1) is 15.8. The van der Waals surface area contributed by atoms with Gasteiger partial charge in [-0.15, -0.1) is 0 Å². The van der Waals surface area contributed by atoms with Gasteiger partial charge in [0, 0.05) is 0 Å². The van der Waals surface area contributed by atoms with Gasteiger partial charge in [-0.2, -0.15) is 0 Å². The first-order valence-corrected chi connectivity index (χ1v) is 7.34. The predicted octanol–water partition coefficient (Wildman–Crippen LogP) is 4.50. The summed E-state index contributed by atoms with van der Waals surface area (Å²) in [4.78, 5) is 16.2. The average molecular weight is 323 g/mol. The fraction of sp³-hybridized carbons (Fsp3) is 0.250. The van der Waals surface area contributed by atoms with E-state index in [1.165, 1.54) is 5.56 Å². The molecule has 3 nitrogen and oxygen atoms in total. The van der Waals surface area contributed by atoms with Crippen molar-refractivity contribution in [1.29, 1.82) is 0 Å². The van der Waals surface area contributed by atoms with E-state index in [2.05, 4.69) is 16.4 Å². The molecule has 0 saturated carbocycles. The fourth-order valence-electron chi connectivity index (χ4n) is 2.23. The van der Waals surface area contributed by atoms with Crippen molar-refractivity contribution < 1.29 is 4.79 Å². The summed E-state index contributed by atoms with van der Waals surface area (Å²) in [6, 6.07) is 9.10. The van der Waals surface area contributed by atoms with Gasteiger partial charge in [-0.3, -0.25) is 4.79 Å². The fourth-order valence-corrected chi connectivity index (χ4v) is 2.57. The topological polar surface area (TPSA) is 42.0 Å². The Morgan fingerprint density at radius 3 is 2.57 bits per heavy atom. The van der Waals surface area contributed by atoms with E-state index in [1.54, 1.807) is 12.1 Å². The lowest BCUT2D eigenvalue weighted by Crippen LogP contribution is -2.28. The molecule has 0 spiro atoms. The Bertz CT molecular complexity index is 686. The van der Waals surface area contributed by atoms with E-state index in [0.29, 0.717) is 0 Å². The molecule has 1 amide bonds. The molecule has 0 aliphatic heterocycles. The Morgan fingerprint density at radius 2 is 1.90 bits per heavy atom. The van der Waals surface area contributed by atoms with Crippen LogP contribution >= 0.6 is 23.2 Å². The van der Waals surface area contributed by atoms with Crippen LogP contribution in [0.3, 0.4) is 0 Å². The van der Waals surface area contributed by atoms with Gasteiger partial charge in [0.25, 0.3) is 5.91 Å². The zero-order valence-corrected chi connectivity index (χ0v) is 13.6. The van der Waals surface area contributed by atoms with Gasteiger partial charge in [-0.05, 0) is 44.0 Å². The van der Waals surface area contributed by atoms with Crippen LogP contribution in [0.2, 0.25) is 10.2 Å². The van der Waals surface area contributed by atoms with Gasteiger partial charge in [-0.1, -0.05) is 47.0 Å². The maximum Gasteiger partial charge on any atom is 0.271 e. The molecule has 0 saturated heterocycles. The Kier molecular flexibility index (Phi) is 4.86. The van der Waals surface area contributed by atoms with Crippen LogP contribution < -0.4 is 5.32 Å². The van der Waals surface area contributed by atoms with Crippen molar-refractivity contribution in [2.45, 2.75) is 26.8 Å². The minimum absolute atomic E-state index is 0.140. The molecule has 1 N–H and O–H groups in total. The third-order valence-electron chi connectivity index (χ3n) is 3.27. The van der Waals surface area contributed by atoms with Gasteiger partial charge in [0.2, 0.25) is 0 Å². The third kappa shape index (κ3) is 3.74. The highest BCUT2D eigenvalue weighted by atomic mass is 35.5. The Labute approximate surface area is 134 Å². The van der Waals surface area contributed by atoms with Crippen molar-refractivity contribution in [2.24, 2.45) is 0 Å². The standard InChI is InChI=1S/C16H16Cl2N2O/c1-9-4-5-12(10(2)8-9)11(3)19-16(21)15-13(17)6-7-14(18)20-15/h4-8,11H,1-3H3,(H,19,21). The molecule has 0 fully saturated rings. The highest BCUT2D eigenvalue weighted by Crippen LogP contribution is 2.21. The number of benzene rings is 1. The number of rotatable bonds is 3. The molecule has 1 aromatic carbocycles. The summed E-state index contributed by atoms with van der Waals surface area (Å²) in [5.74, 6) is -0.338. The second-order valence-electron chi connectivity index (χ2n) is 5.02. The molecular weight excluding hydrogens is 307 g/mol. The SMILES string of the molecule is Cc1ccc(C(C)NC(=O)c2nc(Cl)ccc2Cl)c(C)c1. The van der Waals surface area contributed by atoms with E-state index in [9.17, 15) is 4.79 Å². The largest absolute Gasteiger partial charge is 0.344 e. The zero-order valence-electron chi connectivity index (χ0n) is 12.1. The number of nitrogens with zero attached hydrogens (tertiary/aromatic N) is 1. The molecule has 0 bridgehead atoms. The number of nitrogens with one attached hydrogen (secondary N) is 1. The van der Waals surface area contributed by atoms with Gasteiger partial charge in [0.1, 0.15) is 10.8 Å². The molecule has 1 atom stereocenters. The number of aryl methyl sites for hydroxylation is 2. The lowest BCUT2D eigenvalue weighted by atomic mass is 10.0. The van der Waals surface area contributed by atoms with E-state index < -0.39 is 0 Å². The maximum absolute atomic E-state index is 12.3. The number of aromatic nitrogens is 1. The summed E-state index contributed by atoms with van der Waals surface area (Å²) in [7, 11) is 0. The smallest absolute Gasteiger partial charge is 0.271 e. The molecule has 1 aromatic heterocycles. The molecule has 21 heavy (non-hydrogen) atoms. The van der Waals surface area contributed by atoms with Gasteiger partial charge in [0.15, 0.2) is 0 Å². The first-order valence-electron chi connectivity index (χ1n) is 6.58. The summed E-state index contributed by atoms with van der Waals surface area (Å²) in [6.07, 6.45) is 0. The third-order valence-corrected chi connectivity index (χ3v) is 3.78. The van der Waals surface area contributed by atoms with E-state index >= 15 is 0 Å². The van der Waals surface area contributed by atoms with Gasteiger partial charge in [0.05, 0.1) is 11.1 Å². The van der Waals surface area contributed by atoms with E-state index in [-0.39, 0.29) is 27.8 Å². The second kappa shape index (κ2) is 6.46. The van der Waals surface area contributed by atoms with Crippen LogP contribution in [0.5, 0.6) is 0 Å². The van der Waals surface area contributed by atoms with Crippen molar-refractivity contribution in [3.8, 4) is 0 Å². The van der Waals surface area contributed by atoms with Crippen LogP contribution in [-0.4, -0.2) is 10.9 Å². The highest BCUT2D eigenvalue weighted by molar-refractivity contribution is 6.34. The van der Waals surface area contributed by atoms with E-state index in [1.807, 2.05) is 32.9 Å². The van der Waals surface area contributed by atoms with Crippen LogP contribution in [0.25, 0.3) is 0 Å². The number of halogens is 2. The van der Waals surface area contributed by atoms with Crippen molar-refractivity contribution in [3.05, 3.63) is 62.9 Å². The summed E-state index contributed by atoms with van der Waals surface area (Å²) < 4.78 is 0. The number of carbonyl (C=O) groups is 1. The van der Waals surface area contributed by atoms with Crippen molar-refractivity contribution >= 4 is 29.1 Å². The second-order valence-corrected chi connectivity index (χ2v) is 5.81. The number of hydrogen-bond acceptors (Lipinski definition) is 2. The van der Waals surface area contributed by atoms with Gasteiger partial charge < -0.3 is 5.32 Å². The Balaban J connectivity index is 2.20. The maximum atomic E-state index is 12.3. The number of hydrogen-bond donors (Lipinski definition) is 1. The van der Waals surface area contributed by atoms with Crippen LogP contribution in [0.4, 0.5) is 0 Å². The highest BCUT2D eigenvalue weighted by Gasteiger charge is 2.17. The van der Waals surface area contributed by atoms with Crippen LogP contribution in [0, 0.1) is 13.8 Å². The van der Waals surface area contributed by atoms with E-state index in [4.69, 9.17) is 23.2 Å². The summed E-state index contributed by atoms with van der Waals surface area (Å²) in [6.45, 7) is 5.99. The molecule has 2 aromatic rings. The summed E-state index contributed by atoms with van der Waals surface area (Å²) in [5.41, 5.74) is 3.52. The summed E-state index contributed by atoms with van der Waals surface area (Å²) >= 11 is 11.8. The quantitative estimate of drug-likeness (QED) is 0.845. The van der Waals surface area contributed by atoms with Crippen LogP contribution in [0.1, 0.15) is 40.1 Å². The summed E-state index contributed by atoms with van der Waals surface area (Å²) in [5, 5.41) is 3.42. The monoisotopic (exact) mass is 322 g/mol. The molecule has 0 aliphatic carbocycles. The molecule has 0 radical (unpaired) electrons. The molecule has 110 valence electrons. The average Bonchev–Trinajstić information content (AvgIpc) is 2.41. The Morgan fingerprint density at radius 1 is 1.19 bits per heavy atom. The van der Waals surface area contributed by atoms with Gasteiger partial charge >= 0.3 is 0 Å². The first-order chi connectivity index (χ1) is 9.88. The van der Waals surface area contributed by atoms with Crippen molar-refractivity contribution in [2.75, 3.05) is 0 Å². The van der Waals surface area contributed by atoms with Crippen molar-refractivity contribution in [1.82, 2.24) is 10.3 Å². The minimum atomic E-state index is -0.338. The Hall–Kier alpha value is -1.58. The lowest BCUT2D eigenvalue weighted by Gasteiger charge is -2.17. The number of pyridine rings is 1. The molecule has 1 unspecified atom stereocenters. The lowest BCUT2D eigenvalue weighted by molar-refractivity contribution is 0.0935. The van der Waals surface area contributed by atoms with Crippen LogP contribution in [-0.2, 0) is 0 Å². The molecule has 2 rings (SSSR count). The molecule has 1 heterocycles. The van der Waals surface area contributed by atoms with Crippen LogP contribution in [0.15, 0.2) is 30.3 Å². The predicted molar refractivity (Wildman–Crippen MR) is 86.1 cm³/mol.